The van der Waals surface area contributed by atoms with Crippen LogP contribution < -0.4 is 0 Å². The Labute approximate surface area is 141 Å². The lowest BCUT2D eigenvalue weighted by atomic mass is 9.84. The Balaban J connectivity index is 1.65. The van der Waals surface area contributed by atoms with E-state index >= 15 is 0 Å². The maximum absolute atomic E-state index is 10.9. The summed E-state index contributed by atoms with van der Waals surface area (Å²) in [6.45, 7) is 2.53. The minimum absolute atomic E-state index is 0.698. The molecule has 0 unspecified atom stereocenters. The molecule has 0 atom stereocenters. The number of halogens is 2. The molecule has 2 aromatic rings. The number of aliphatic hydroxyl groups is 1. The highest BCUT2D eigenvalue weighted by Crippen LogP contribution is 2.34. The quantitative estimate of drug-likeness (QED) is 0.893. The summed E-state index contributed by atoms with van der Waals surface area (Å²) >= 11 is 12.1. The van der Waals surface area contributed by atoms with Gasteiger partial charge in [-0.2, -0.15) is 0 Å². The predicted molar refractivity (Wildman–Crippen MR) is 91.3 cm³/mol. The normalized spacial score (nSPS) is 18.3. The summed E-state index contributed by atoms with van der Waals surface area (Å²) in [5.74, 6) is 0. The van der Waals surface area contributed by atoms with Crippen LogP contribution in [0.3, 0.4) is 0 Å². The van der Waals surface area contributed by atoms with E-state index < -0.39 is 5.60 Å². The first kappa shape index (κ1) is 15.8. The molecule has 2 nitrogen and oxygen atoms in total. The molecule has 0 spiro atoms. The van der Waals surface area contributed by atoms with Crippen LogP contribution in [0, 0.1) is 0 Å². The van der Waals surface area contributed by atoms with Gasteiger partial charge in [-0.3, -0.25) is 4.90 Å². The molecule has 0 radical (unpaired) electrons. The van der Waals surface area contributed by atoms with Crippen molar-refractivity contribution in [2.45, 2.75) is 25.0 Å². The van der Waals surface area contributed by atoms with Crippen LogP contribution in [0.5, 0.6) is 0 Å². The van der Waals surface area contributed by atoms with Gasteiger partial charge in [0.05, 0.1) is 5.60 Å². The molecule has 116 valence electrons. The van der Waals surface area contributed by atoms with E-state index in [4.69, 9.17) is 23.2 Å². The first-order valence-electron chi connectivity index (χ1n) is 7.51. The van der Waals surface area contributed by atoms with E-state index in [-0.39, 0.29) is 0 Å². The lowest BCUT2D eigenvalue weighted by Crippen LogP contribution is -2.42. The smallest absolute Gasteiger partial charge is 0.0920 e. The van der Waals surface area contributed by atoms with Crippen LogP contribution in [0.4, 0.5) is 0 Å². The third kappa shape index (κ3) is 3.47. The number of nitrogens with zero attached hydrogens (tertiary/aromatic N) is 1. The minimum atomic E-state index is -0.748. The fraction of sp³-hybridized carbons (Fsp3) is 0.333. The van der Waals surface area contributed by atoms with Crippen molar-refractivity contribution in [3.05, 3.63) is 69.7 Å². The van der Waals surface area contributed by atoms with Crippen molar-refractivity contribution >= 4 is 23.2 Å². The molecule has 1 heterocycles. The summed E-state index contributed by atoms with van der Waals surface area (Å²) in [5.41, 5.74) is 1.34. The molecule has 0 bridgehead atoms. The van der Waals surface area contributed by atoms with E-state index in [1.807, 2.05) is 42.5 Å². The van der Waals surface area contributed by atoms with E-state index in [0.29, 0.717) is 5.02 Å². The van der Waals surface area contributed by atoms with Gasteiger partial charge in [-0.05, 0) is 42.2 Å². The van der Waals surface area contributed by atoms with Crippen molar-refractivity contribution < 1.29 is 5.11 Å². The molecular weight excluding hydrogens is 317 g/mol. The van der Waals surface area contributed by atoms with Gasteiger partial charge in [0.15, 0.2) is 0 Å². The number of likely N-dealkylation sites (tertiary alicyclic amines) is 1. The first-order valence-corrected chi connectivity index (χ1v) is 8.27. The third-order valence-electron chi connectivity index (χ3n) is 4.42. The van der Waals surface area contributed by atoms with Crippen molar-refractivity contribution in [2.75, 3.05) is 13.1 Å². The Hall–Kier alpha value is -1.06. The standard InChI is InChI=1S/C18H19Cl2NO/c19-16-7-5-15(6-8-16)18(22)9-11-21(12-10-18)13-14-3-1-2-4-17(14)20/h1-8,22H,9-13H2. The van der Waals surface area contributed by atoms with Gasteiger partial charge in [0.2, 0.25) is 0 Å². The lowest BCUT2D eigenvalue weighted by Gasteiger charge is -2.38. The van der Waals surface area contributed by atoms with E-state index in [2.05, 4.69) is 11.0 Å². The van der Waals surface area contributed by atoms with Crippen molar-refractivity contribution in [1.29, 1.82) is 0 Å². The molecule has 4 heteroatoms. The second-order valence-corrected chi connectivity index (χ2v) is 6.75. The molecule has 1 N–H and O–H groups in total. The summed E-state index contributed by atoms with van der Waals surface area (Å²) in [6, 6.07) is 15.5. The zero-order valence-electron chi connectivity index (χ0n) is 12.3. The predicted octanol–water partition coefficient (Wildman–Crippen LogP) is 4.48. The molecule has 0 saturated carbocycles. The molecule has 3 rings (SSSR count). The van der Waals surface area contributed by atoms with Crippen LogP contribution in [0.25, 0.3) is 0 Å². The molecule has 0 amide bonds. The maximum Gasteiger partial charge on any atom is 0.0920 e. The topological polar surface area (TPSA) is 23.5 Å². The number of piperidine rings is 1. The summed E-state index contributed by atoms with van der Waals surface area (Å²) < 4.78 is 0. The number of hydrogen-bond acceptors (Lipinski definition) is 2. The van der Waals surface area contributed by atoms with Crippen molar-refractivity contribution in [2.24, 2.45) is 0 Å². The highest BCUT2D eigenvalue weighted by molar-refractivity contribution is 6.31. The fourth-order valence-electron chi connectivity index (χ4n) is 3.00. The van der Waals surface area contributed by atoms with E-state index in [9.17, 15) is 5.11 Å². The largest absolute Gasteiger partial charge is 0.385 e. The van der Waals surface area contributed by atoms with Crippen molar-refractivity contribution in [3.8, 4) is 0 Å². The van der Waals surface area contributed by atoms with Crippen LogP contribution in [-0.4, -0.2) is 23.1 Å². The highest BCUT2D eigenvalue weighted by atomic mass is 35.5. The maximum atomic E-state index is 10.9. The number of benzene rings is 2. The van der Waals surface area contributed by atoms with Gasteiger partial charge in [-0.25, -0.2) is 0 Å². The average Bonchev–Trinajstić information content (AvgIpc) is 2.52. The summed E-state index contributed by atoms with van der Waals surface area (Å²) in [6.07, 6.45) is 1.44. The van der Waals surface area contributed by atoms with Crippen LogP contribution in [0.1, 0.15) is 24.0 Å². The van der Waals surface area contributed by atoms with Crippen molar-refractivity contribution in [1.82, 2.24) is 4.90 Å². The Morgan fingerprint density at radius 1 is 0.955 bits per heavy atom. The summed E-state index contributed by atoms with van der Waals surface area (Å²) in [5, 5.41) is 12.4. The van der Waals surface area contributed by atoms with E-state index in [1.165, 1.54) is 0 Å². The van der Waals surface area contributed by atoms with E-state index in [1.54, 1.807) is 0 Å². The molecule has 1 fully saturated rings. The lowest BCUT2D eigenvalue weighted by molar-refractivity contribution is -0.0277. The number of rotatable bonds is 3. The minimum Gasteiger partial charge on any atom is -0.385 e. The molecule has 22 heavy (non-hydrogen) atoms. The number of hydrogen-bond donors (Lipinski definition) is 1. The monoisotopic (exact) mass is 335 g/mol. The van der Waals surface area contributed by atoms with Gasteiger partial charge in [0.1, 0.15) is 0 Å². The Kier molecular flexibility index (Phi) is 4.74. The second kappa shape index (κ2) is 6.59. The molecule has 1 aliphatic heterocycles. The Morgan fingerprint density at radius 3 is 2.23 bits per heavy atom. The van der Waals surface area contributed by atoms with Crippen LogP contribution >= 0.6 is 23.2 Å². The summed E-state index contributed by atoms with van der Waals surface area (Å²) in [4.78, 5) is 2.34. The van der Waals surface area contributed by atoms with Crippen LogP contribution in [0.2, 0.25) is 10.0 Å². The molecular formula is C18H19Cl2NO. The molecule has 2 aromatic carbocycles. The van der Waals surface area contributed by atoms with Gasteiger partial charge < -0.3 is 5.11 Å². The zero-order valence-corrected chi connectivity index (χ0v) is 13.8. The Morgan fingerprint density at radius 2 is 1.59 bits per heavy atom. The Bertz CT molecular complexity index is 634. The molecule has 1 saturated heterocycles. The second-order valence-electron chi connectivity index (χ2n) is 5.91. The first-order chi connectivity index (χ1) is 10.6. The van der Waals surface area contributed by atoms with Gasteiger partial charge in [0.25, 0.3) is 0 Å². The van der Waals surface area contributed by atoms with Gasteiger partial charge in [0, 0.05) is 29.7 Å². The van der Waals surface area contributed by atoms with Gasteiger partial charge >= 0.3 is 0 Å². The third-order valence-corrected chi connectivity index (χ3v) is 5.04. The van der Waals surface area contributed by atoms with Crippen LogP contribution in [0.15, 0.2) is 48.5 Å². The van der Waals surface area contributed by atoms with Crippen molar-refractivity contribution in [3.63, 3.8) is 0 Å². The highest BCUT2D eigenvalue weighted by Gasteiger charge is 2.33. The van der Waals surface area contributed by atoms with Gasteiger partial charge in [-0.1, -0.05) is 53.5 Å². The molecule has 0 aliphatic carbocycles. The summed E-state index contributed by atoms with van der Waals surface area (Å²) in [7, 11) is 0. The van der Waals surface area contributed by atoms with Gasteiger partial charge in [-0.15, -0.1) is 0 Å². The average molecular weight is 336 g/mol. The fourth-order valence-corrected chi connectivity index (χ4v) is 3.32. The zero-order chi connectivity index (χ0) is 15.6. The van der Waals surface area contributed by atoms with Crippen LogP contribution in [-0.2, 0) is 12.1 Å². The SMILES string of the molecule is OC1(c2ccc(Cl)cc2)CCN(Cc2ccccc2Cl)CC1. The van der Waals surface area contributed by atoms with E-state index in [0.717, 1.165) is 48.6 Å². The molecule has 1 aliphatic rings. The molecule has 0 aromatic heterocycles.